The van der Waals surface area contributed by atoms with Gasteiger partial charge in [-0.05, 0) is 42.7 Å². The normalized spacial score (nSPS) is 13.8. The van der Waals surface area contributed by atoms with Gasteiger partial charge in [-0.1, -0.05) is 48.5 Å². The second kappa shape index (κ2) is 9.57. The molecule has 3 amide bonds. The number of rotatable bonds is 8. The molecule has 1 aliphatic rings. The number of hydrogen-bond donors (Lipinski definition) is 3. The van der Waals surface area contributed by atoms with Crippen molar-refractivity contribution in [3.63, 3.8) is 0 Å². The van der Waals surface area contributed by atoms with Gasteiger partial charge in [0.1, 0.15) is 6.04 Å². The van der Waals surface area contributed by atoms with E-state index in [0.717, 1.165) is 18.4 Å². The van der Waals surface area contributed by atoms with Gasteiger partial charge in [0.2, 0.25) is 11.8 Å². The van der Waals surface area contributed by atoms with Crippen LogP contribution in [-0.4, -0.2) is 23.8 Å². The molecular formula is C24H23N3O3S. The monoisotopic (exact) mass is 433 g/mol. The zero-order valence-corrected chi connectivity index (χ0v) is 17.7. The minimum Gasteiger partial charge on any atom is -0.339 e. The predicted octanol–water partition coefficient (Wildman–Crippen LogP) is 4.08. The smallest absolute Gasteiger partial charge is 0.262 e. The van der Waals surface area contributed by atoms with E-state index in [-0.39, 0.29) is 23.6 Å². The minimum absolute atomic E-state index is 0.00185. The van der Waals surface area contributed by atoms with Crippen molar-refractivity contribution in [2.45, 2.75) is 25.3 Å². The van der Waals surface area contributed by atoms with E-state index in [0.29, 0.717) is 22.0 Å². The lowest BCUT2D eigenvalue weighted by Crippen LogP contribution is -2.45. The molecule has 158 valence electrons. The van der Waals surface area contributed by atoms with Gasteiger partial charge in [0.25, 0.3) is 5.91 Å². The molecule has 3 N–H and O–H groups in total. The van der Waals surface area contributed by atoms with Crippen LogP contribution >= 0.6 is 11.3 Å². The number of carbonyl (C=O) groups is 3. The summed E-state index contributed by atoms with van der Waals surface area (Å²) < 4.78 is 0. The Morgan fingerprint density at radius 3 is 2.23 bits per heavy atom. The average Bonchev–Trinajstić information content (AvgIpc) is 3.54. The fraction of sp³-hybridized carbons (Fsp3) is 0.208. The zero-order chi connectivity index (χ0) is 21.6. The molecule has 31 heavy (non-hydrogen) atoms. The van der Waals surface area contributed by atoms with E-state index in [1.54, 1.807) is 24.3 Å². The average molecular weight is 434 g/mol. The SMILES string of the molecule is O=C(NC(Cc1ccccc1)C(=O)Nc1ccccc1)c1ccc(NC(=O)C2CC2)s1. The number of anilines is 2. The first-order valence-corrected chi connectivity index (χ1v) is 11.0. The first kappa shape index (κ1) is 20.8. The number of amides is 3. The number of nitrogens with one attached hydrogen (secondary N) is 3. The van der Waals surface area contributed by atoms with Crippen LogP contribution in [0.4, 0.5) is 10.7 Å². The molecule has 1 saturated carbocycles. The third kappa shape index (κ3) is 5.79. The van der Waals surface area contributed by atoms with E-state index in [1.165, 1.54) is 11.3 Å². The van der Waals surface area contributed by atoms with Gasteiger partial charge >= 0.3 is 0 Å². The molecule has 1 atom stereocenters. The Labute approximate surface area is 184 Å². The summed E-state index contributed by atoms with van der Waals surface area (Å²) in [6, 6.07) is 21.3. The maximum absolute atomic E-state index is 12.9. The van der Waals surface area contributed by atoms with E-state index < -0.39 is 6.04 Å². The fourth-order valence-electron chi connectivity index (χ4n) is 3.14. The summed E-state index contributed by atoms with van der Waals surface area (Å²) in [5.41, 5.74) is 1.61. The molecule has 7 heteroatoms. The molecule has 6 nitrogen and oxygen atoms in total. The van der Waals surface area contributed by atoms with Crippen LogP contribution < -0.4 is 16.0 Å². The van der Waals surface area contributed by atoms with Gasteiger partial charge < -0.3 is 16.0 Å². The van der Waals surface area contributed by atoms with E-state index >= 15 is 0 Å². The summed E-state index contributed by atoms with van der Waals surface area (Å²) in [5.74, 6) is -0.544. The van der Waals surface area contributed by atoms with Crippen molar-refractivity contribution >= 4 is 39.7 Å². The molecule has 4 rings (SSSR count). The molecule has 1 aliphatic carbocycles. The van der Waals surface area contributed by atoms with Crippen molar-refractivity contribution in [3.8, 4) is 0 Å². The van der Waals surface area contributed by atoms with Crippen molar-refractivity contribution in [3.05, 3.63) is 83.2 Å². The maximum atomic E-state index is 12.9. The van der Waals surface area contributed by atoms with Crippen LogP contribution in [0.1, 0.15) is 28.1 Å². The van der Waals surface area contributed by atoms with E-state index in [4.69, 9.17) is 0 Å². The maximum Gasteiger partial charge on any atom is 0.262 e. The molecule has 0 aliphatic heterocycles. The second-order valence-electron chi connectivity index (χ2n) is 7.50. The molecule has 0 radical (unpaired) electrons. The Morgan fingerprint density at radius 1 is 0.871 bits per heavy atom. The van der Waals surface area contributed by atoms with Gasteiger partial charge in [-0.15, -0.1) is 11.3 Å². The van der Waals surface area contributed by atoms with Crippen LogP contribution in [0, 0.1) is 5.92 Å². The molecule has 0 spiro atoms. The molecule has 0 saturated heterocycles. The van der Waals surface area contributed by atoms with Gasteiger partial charge in [0.15, 0.2) is 0 Å². The van der Waals surface area contributed by atoms with E-state index in [9.17, 15) is 14.4 Å². The lowest BCUT2D eigenvalue weighted by atomic mass is 10.0. The first-order chi connectivity index (χ1) is 15.1. The third-order valence-corrected chi connectivity index (χ3v) is 5.97. The molecule has 1 unspecified atom stereocenters. The summed E-state index contributed by atoms with van der Waals surface area (Å²) >= 11 is 1.20. The Balaban J connectivity index is 1.45. The van der Waals surface area contributed by atoms with Crippen LogP contribution in [0.2, 0.25) is 0 Å². The topological polar surface area (TPSA) is 87.3 Å². The first-order valence-electron chi connectivity index (χ1n) is 10.2. The number of benzene rings is 2. The van der Waals surface area contributed by atoms with E-state index in [1.807, 2.05) is 48.5 Å². The number of thiophene rings is 1. The zero-order valence-electron chi connectivity index (χ0n) is 16.8. The van der Waals surface area contributed by atoms with Gasteiger partial charge in [0, 0.05) is 18.0 Å². The largest absolute Gasteiger partial charge is 0.339 e. The molecule has 3 aromatic rings. The van der Waals surface area contributed by atoms with Crippen molar-refractivity contribution in [1.29, 1.82) is 0 Å². The van der Waals surface area contributed by atoms with Crippen LogP contribution in [0.25, 0.3) is 0 Å². The lowest BCUT2D eigenvalue weighted by Gasteiger charge is -2.18. The molecule has 1 fully saturated rings. The standard InChI is InChI=1S/C24H23N3O3S/c28-22(17-11-12-17)27-21-14-13-20(31-21)24(30)26-19(15-16-7-3-1-4-8-16)23(29)25-18-9-5-2-6-10-18/h1-10,13-14,17,19H,11-12,15H2,(H,25,29)(H,26,30)(H,27,28). The number of carbonyl (C=O) groups excluding carboxylic acids is 3. The highest BCUT2D eigenvalue weighted by molar-refractivity contribution is 7.18. The van der Waals surface area contributed by atoms with Crippen molar-refractivity contribution < 1.29 is 14.4 Å². The van der Waals surface area contributed by atoms with Gasteiger partial charge in [-0.3, -0.25) is 14.4 Å². The molecular weight excluding hydrogens is 410 g/mol. The summed E-state index contributed by atoms with van der Waals surface area (Å²) in [6.07, 6.45) is 2.20. The van der Waals surface area contributed by atoms with E-state index in [2.05, 4.69) is 16.0 Å². The van der Waals surface area contributed by atoms with Crippen molar-refractivity contribution in [2.75, 3.05) is 10.6 Å². The number of para-hydroxylation sites is 1. The van der Waals surface area contributed by atoms with Crippen LogP contribution in [0.3, 0.4) is 0 Å². The summed E-state index contributed by atoms with van der Waals surface area (Å²) in [7, 11) is 0. The highest BCUT2D eigenvalue weighted by Gasteiger charge is 2.30. The van der Waals surface area contributed by atoms with Gasteiger partial charge in [-0.2, -0.15) is 0 Å². The predicted molar refractivity (Wildman–Crippen MR) is 122 cm³/mol. The van der Waals surface area contributed by atoms with Crippen LogP contribution in [0.15, 0.2) is 72.8 Å². The highest BCUT2D eigenvalue weighted by atomic mass is 32.1. The fourth-order valence-corrected chi connectivity index (χ4v) is 3.95. The Bertz CT molecular complexity index is 1060. The van der Waals surface area contributed by atoms with Gasteiger partial charge in [0.05, 0.1) is 9.88 Å². The Hall–Kier alpha value is -3.45. The summed E-state index contributed by atoms with van der Waals surface area (Å²) in [4.78, 5) is 38.2. The molecule has 1 aromatic heterocycles. The molecule has 1 heterocycles. The lowest BCUT2D eigenvalue weighted by molar-refractivity contribution is -0.118. The highest BCUT2D eigenvalue weighted by Crippen LogP contribution is 2.31. The Morgan fingerprint density at radius 2 is 1.55 bits per heavy atom. The second-order valence-corrected chi connectivity index (χ2v) is 8.58. The summed E-state index contributed by atoms with van der Waals surface area (Å²) in [6.45, 7) is 0. The van der Waals surface area contributed by atoms with Crippen LogP contribution in [0.5, 0.6) is 0 Å². The van der Waals surface area contributed by atoms with Crippen molar-refractivity contribution in [1.82, 2.24) is 5.32 Å². The molecule has 2 aromatic carbocycles. The van der Waals surface area contributed by atoms with Gasteiger partial charge in [-0.25, -0.2) is 0 Å². The van der Waals surface area contributed by atoms with Crippen molar-refractivity contribution in [2.24, 2.45) is 5.92 Å². The quantitative estimate of drug-likeness (QED) is 0.500. The number of hydrogen-bond acceptors (Lipinski definition) is 4. The van der Waals surface area contributed by atoms with Crippen LogP contribution in [-0.2, 0) is 16.0 Å². The summed E-state index contributed by atoms with van der Waals surface area (Å²) in [5, 5.41) is 9.20. The minimum atomic E-state index is -0.748. The Kier molecular flexibility index (Phi) is 6.43. The molecule has 0 bridgehead atoms. The third-order valence-electron chi connectivity index (χ3n) is 4.97.